The first kappa shape index (κ1) is 12.6. The number of carbonyl (C=O) groups is 2. The molecule has 0 N–H and O–H groups in total. The quantitative estimate of drug-likeness (QED) is 0.751. The monoisotopic (exact) mass is 247 g/mol. The van der Waals surface area contributed by atoms with E-state index in [4.69, 9.17) is 4.74 Å². The van der Waals surface area contributed by atoms with Gasteiger partial charge < -0.3 is 9.64 Å². The number of carbonyl (C=O) groups excluding carboxylic acids is 2. The van der Waals surface area contributed by atoms with Crippen molar-refractivity contribution in [3.63, 3.8) is 0 Å². The van der Waals surface area contributed by atoms with Crippen molar-refractivity contribution in [1.82, 2.24) is 0 Å². The van der Waals surface area contributed by atoms with E-state index in [-0.39, 0.29) is 17.8 Å². The number of benzene rings is 1. The van der Waals surface area contributed by atoms with E-state index in [0.717, 1.165) is 11.3 Å². The zero-order valence-corrected chi connectivity index (χ0v) is 10.9. The van der Waals surface area contributed by atoms with Crippen molar-refractivity contribution in [1.29, 1.82) is 0 Å². The van der Waals surface area contributed by atoms with Crippen molar-refractivity contribution in [2.75, 3.05) is 18.6 Å². The number of esters is 1. The first-order valence-electron chi connectivity index (χ1n) is 6.11. The fraction of sp³-hybridized carbons (Fsp3) is 0.429. The molecule has 1 atom stereocenters. The van der Waals surface area contributed by atoms with E-state index in [2.05, 4.69) is 0 Å². The maximum atomic E-state index is 12.1. The second-order valence-corrected chi connectivity index (χ2v) is 4.48. The molecule has 1 heterocycles. The number of ether oxygens (including phenoxy) is 1. The zero-order valence-electron chi connectivity index (χ0n) is 10.9. The molecule has 4 nitrogen and oxygen atoms in total. The Balaban J connectivity index is 2.56. The van der Waals surface area contributed by atoms with Crippen LogP contribution in [0.5, 0.6) is 0 Å². The molecule has 4 heteroatoms. The molecule has 0 aromatic heterocycles. The standard InChI is InChI=1S/C14H17NO3/c1-4-15-12-7-5-6-10(14(17)18-3)11(12)8-9(2)13(15)16/h5-7,9H,4,8H2,1-3H3. The fourth-order valence-electron chi connectivity index (χ4n) is 2.45. The highest BCUT2D eigenvalue weighted by atomic mass is 16.5. The summed E-state index contributed by atoms with van der Waals surface area (Å²) in [6, 6.07) is 5.42. The van der Waals surface area contributed by atoms with Gasteiger partial charge in [0.15, 0.2) is 0 Å². The Labute approximate surface area is 107 Å². The van der Waals surface area contributed by atoms with E-state index in [1.807, 2.05) is 19.9 Å². The normalized spacial score (nSPS) is 18.5. The van der Waals surface area contributed by atoms with E-state index in [0.29, 0.717) is 18.5 Å². The number of fused-ring (bicyclic) bond motifs is 1. The first-order chi connectivity index (χ1) is 8.60. The molecule has 0 radical (unpaired) electrons. The second-order valence-electron chi connectivity index (χ2n) is 4.48. The van der Waals surface area contributed by atoms with Gasteiger partial charge in [-0.3, -0.25) is 4.79 Å². The molecule has 2 rings (SSSR count). The molecule has 1 aromatic carbocycles. The lowest BCUT2D eigenvalue weighted by Crippen LogP contribution is -2.40. The SMILES string of the molecule is CCN1C(=O)C(C)Cc2c(C(=O)OC)cccc21. The van der Waals surface area contributed by atoms with Gasteiger partial charge in [-0.25, -0.2) is 4.79 Å². The third kappa shape index (κ3) is 1.88. The minimum atomic E-state index is -0.343. The van der Waals surface area contributed by atoms with Crippen molar-refractivity contribution < 1.29 is 14.3 Å². The zero-order chi connectivity index (χ0) is 13.3. The minimum absolute atomic E-state index is 0.0942. The summed E-state index contributed by atoms with van der Waals surface area (Å²) in [7, 11) is 1.37. The van der Waals surface area contributed by atoms with E-state index < -0.39 is 0 Å². The molecular formula is C14H17NO3. The van der Waals surface area contributed by atoms with Crippen LogP contribution in [0, 0.1) is 5.92 Å². The van der Waals surface area contributed by atoms with E-state index in [9.17, 15) is 9.59 Å². The molecule has 1 aliphatic heterocycles. The lowest BCUT2D eigenvalue weighted by Gasteiger charge is -2.32. The number of rotatable bonds is 2. The van der Waals surface area contributed by atoms with Crippen molar-refractivity contribution in [2.45, 2.75) is 20.3 Å². The van der Waals surface area contributed by atoms with Crippen molar-refractivity contribution in [2.24, 2.45) is 5.92 Å². The molecule has 0 bridgehead atoms. The van der Waals surface area contributed by atoms with Crippen LogP contribution in [0.4, 0.5) is 5.69 Å². The molecule has 1 aliphatic rings. The van der Waals surface area contributed by atoms with Gasteiger partial charge in [0, 0.05) is 18.2 Å². The Morgan fingerprint density at radius 2 is 2.22 bits per heavy atom. The van der Waals surface area contributed by atoms with Crippen LogP contribution in [0.15, 0.2) is 18.2 Å². The molecule has 1 unspecified atom stereocenters. The lowest BCUT2D eigenvalue weighted by molar-refractivity contribution is -0.122. The van der Waals surface area contributed by atoms with Gasteiger partial charge >= 0.3 is 5.97 Å². The highest BCUT2D eigenvalue weighted by Crippen LogP contribution is 2.33. The number of hydrogen-bond donors (Lipinski definition) is 0. The Hall–Kier alpha value is -1.84. The Kier molecular flexibility index (Phi) is 3.36. The van der Waals surface area contributed by atoms with Gasteiger partial charge in [-0.2, -0.15) is 0 Å². The average molecular weight is 247 g/mol. The van der Waals surface area contributed by atoms with Gasteiger partial charge in [-0.15, -0.1) is 0 Å². The van der Waals surface area contributed by atoms with Crippen molar-refractivity contribution in [3.8, 4) is 0 Å². The van der Waals surface area contributed by atoms with Crippen LogP contribution in [0.3, 0.4) is 0 Å². The molecule has 0 saturated heterocycles. The van der Waals surface area contributed by atoms with Crippen LogP contribution < -0.4 is 4.90 Å². The molecular weight excluding hydrogens is 230 g/mol. The van der Waals surface area contributed by atoms with Gasteiger partial charge in [0.25, 0.3) is 0 Å². The predicted molar refractivity (Wildman–Crippen MR) is 68.7 cm³/mol. The number of methoxy groups -OCH3 is 1. The summed E-state index contributed by atoms with van der Waals surface area (Å²) in [5.74, 6) is -0.320. The van der Waals surface area contributed by atoms with Gasteiger partial charge in [0.2, 0.25) is 5.91 Å². The number of amides is 1. The minimum Gasteiger partial charge on any atom is -0.465 e. The number of hydrogen-bond acceptors (Lipinski definition) is 3. The molecule has 1 aromatic rings. The molecule has 0 saturated carbocycles. The van der Waals surface area contributed by atoms with Crippen molar-refractivity contribution >= 4 is 17.6 Å². The average Bonchev–Trinajstić information content (AvgIpc) is 2.39. The summed E-state index contributed by atoms with van der Waals surface area (Å²) in [5, 5.41) is 0. The third-order valence-electron chi connectivity index (χ3n) is 3.36. The van der Waals surface area contributed by atoms with Gasteiger partial charge in [-0.05, 0) is 31.0 Å². The van der Waals surface area contributed by atoms with Crippen LogP contribution >= 0.6 is 0 Å². The molecule has 0 spiro atoms. The lowest BCUT2D eigenvalue weighted by atomic mass is 9.89. The van der Waals surface area contributed by atoms with E-state index in [1.54, 1.807) is 17.0 Å². The summed E-state index contributed by atoms with van der Waals surface area (Å²) < 4.78 is 4.79. The van der Waals surface area contributed by atoms with Crippen LogP contribution in [0.1, 0.15) is 29.8 Å². The molecule has 0 aliphatic carbocycles. The predicted octanol–water partition coefficient (Wildman–Crippen LogP) is 2.02. The van der Waals surface area contributed by atoms with Crippen LogP contribution in [-0.2, 0) is 16.0 Å². The van der Waals surface area contributed by atoms with E-state index >= 15 is 0 Å². The Bertz CT molecular complexity index is 496. The maximum Gasteiger partial charge on any atom is 0.338 e. The first-order valence-corrected chi connectivity index (χ1v) is 6.11. The number of nitrogens with zero attached hydrogens (tertiary/aromatic N) is 1. The second kappa shape index (κ2) is 4.80. The number of anilines is 1. The topological polar surface area (TPSA) is 46.6 Å². The smallest absolute Gasteiger partial charge is 0.338 e. The summed E-state index contributed by atoms with van der Waals surface area (Å²) in [5.41, 5.74) is 2.31. The molecule has 96 valence electrons. The third-order valence-corrected chi connectivity index (χ3v) is 3.36. The van der Waals surface area contributed by atoms with Crippen LogP contribution in [-0.4, -0.2) is 25.5 Å². The van der Waals surface area contributed by atoms with Crippen molar-refractivity contribution in [3.05, 3.63) is 29.3 Å². The van der Waals surface area contributed by atoms with Crippen LogP contribution in [0.25, 0.3) is 0 Å². The summed E-state index contributed by atoms with van der Waals surface area (Å²) in [6.45, 7) is 4.44. The Morgan fingerprint density at radius 3 is 2.83 bits per heavy atom. The molecule has 18 heavy (non-hydrogen) atoms. The largest absolute Gasteiger partial charge is 0.465 e. The van der Waals surface area contributed by atoms with Gasteiger partial charge in [0.1, 0.15) is 0 Å². The molecule has 1 amide bonds. The highest BCUT2D eigenvalue weighted by Gasteiger charge is 2.31. The van der Waals surface area contributed by atoms with Crippen LogP contribution in [0.2, 0.25) is 0 Å². The van der Waals surface area contributed by atoms with Gasteiger partial charge in [0.05, 0.1) is 12.7 Å². The summed E-state index contributed by atoms with van der Waals surface area (Å²) in [4.78, 5) is 25.6. The molecule has 0 fully saturated rings. The highest BCUT2D eigenvalue weighted by molar-refractivity contribution is 6.01. The Morgan fingerprint density at radius 1 is 1.50 bits per heavy atom. The fourth-order valence-corrected chi connectivity index (χ4v) is 2.45. The summed E-state index contributed by atoms with van der Waals surface area (Å²) in [6.07, 6.45) is 0.593. The summed E-state index contributed by atoms with van der Waals surface area (Å²) >= 11 is 0. The van der Waals surface area contributed by atoms with E-state index in [1.165, 1.54) is 7.11 Å². The van der Waals surface area contributed by atoms with Gasteiger partial charge in [-0.1, -0.05) is 13.0 Å². The maximum absolute atomic E-state index is 12.1.